The number of fused-ring (bicyclic) bond motifs is 1. The van der Waals surface area contributed by atoms with Crippen molar-refractivity contribution in [3.05, 3.63) is 22.2 Å². The summed E-state index contributed by atoms with van der Waals surface area (Å²) in [6.45, 7) is 6.57. The molecule has 0 aromatic heterocycles. The van der Waals surface area contributed by atoms with Gasteiger partial charge in [0.05, 0.1) is 0 Å². The van der Waals surface area contributed by atoms with Crippen LogP contribution in [-0.2, 0) is 5.41 Å². The number of rotatable bonds is 3. The lowest BCUT2D eigenvalue weighted by Gasteiger charge is -2.28. The van der Waals surface area contributed by atoms with Gasteiger partial charge in [0.2, 0.25) is 0 Å². The van der Waals surface area contributed by atoms with E-state index in [-0.39, 0.29) is 5.41 Å². The first-order valence-corrected chi connectivity index (χ1v) is 6.58. The fraction of sp³-hybridized carbons (Fsp3) is 0.538. The lowest BCUT2D eigenvalue weighted by atomic mass is 9.84. The van der Waals surface area contributed by atoms with Crippen LogP contribution in [-0.4, -0.2) is 26.8 Å². The van der Waals surface area contributed by atoms with Crippen molar-refractivity contribution in [1.82, 2.24) is 5.32 Å². The van der Waals surface area contributed by atoms with Crippen LogP contribution >= 0.6 is 15.9 Å². The third-order valence-corrected chi connectivity index (χ3v) is 3.64. The highest BCUT2D eigenvalue weighted by Gasteiger charge is 2.25. The molecule has 1 aliphatic rings. The smallest absolute Gasteiger partial charge is 0.162 e. The number of hydrogen-bond acceptors (Lipinski definition) is 3. The highest BCUT2D eigenvalue weighted by Crippen LogP contribution is 2.40. The van der Waals surface area contributed by atoms with Gasteiger partial charge in [0.1, 0.15) is 13.2 Å². The Morgan fingerprint density at radius 1 is 1.24 bits per heavy atom. The molecule has 0 radical (unpaired) electrons. The van der Waals surface area contributed by atoms with Gasteiger partial charge in [-0.3, -0.25) is 0 Å². The number of benzene rings is 1. The molecule has 0 spiro atoms. The normalized spacial score (nSPS) is 14.8. The number of likely N-dealkylation sites (N-methyl/N-ethyl adjacent to an activating group) is 1. The van der Waals surface area contributed by atoms with E-state index in [1.807, 2.05) is 13.1 Å². The van der Waals surface area contributed by atoms with Crippen molar-refractivity contribution in [3.63, 3.8) is 0 Å². The topological polar surface area (TPSA) is 30.5 Å². The van der Waals surface area contributed by atoms with Gasteiger partial charge in [-0.05, 0) is 24.7 Å². The standard InChI is InChI=1S/C13H18BrNO2/c1-13(2,8-15-3)9-6-11-12(7-10(9)14)17-5-4-16-11/h6-7,15H,4-5,8H2,1-3H3. The van der Waals surface area contributed by atoms with Crippen LogP contribution < -0.4 is 14.8 Å². The Kier molecular flexibility index (Phi) is 3.64. The highest BCUT2D eigenvalue weighted by atomic mass is 79.9. The molecule has 3 nitrogen and oxygen atoms in total. The Hall–Kier alpha value is -0.740. The first-order chi connectivity index (χ1) is 8.04. The quantitative estimate of drug-likeness (QED) is 0.931. The van der Waals surface area contributed by atoms with Gasteiger partial charge < -0.3 is 14.8 Å². The van der Waals surface area contributed by atoms with Crippen LogP contribution in [0.2, 0.25) is 0 Å². The van der Waals surface area contributed by atoms with E-state index in [1.165, 1.54) is 5.56 Å². The van der Waals surface area contributed by atoms with E-state index in [0.717, 1.165) is 22.5 Å². The lowest BCUT2D eigenvalue weighted by molar-refractivity contribution is 0.171. The third kappa shape index (κ3) is 2.58. The van der Waals surface area contributed by atoms with Crippen molar-refractivity contribution < 1.29 is 9.47 Å². The second-order valence-electron chi connectivity index (χ2n) is 4.89. The molecule has 0 saturated carbocycles. The van der Waals surface area contributed by atoms with Crippen molar-refractivity contribution in [1.29, 1.82) is 0 Å². The van der Waals surface area contributed by atoms with E-state index in [9.17, 15) is 0 Å². The third-order valence-electron chi connectivity index (χ3n) is 2.98. The predicted octanol–water partition coefficient (Wildman–Crippen LogP) is 2.72. The van der Waals surface area contributed by atoms with Crippen LogP contribution in [0, 0.1) is 0 Å². The molecule has 94 valence electrons. The van der Waals surface area contributed by atoms with Crippen molar-refractivity contribution in [2.45, 2.75) is 19.3 Å². The van der Waals surface area contributed by atoms with Crippen molar-refractivity contribution >= 4 is 15.9 Å². The molecule has 17 heavy (non-hydrogen) atoms. The summed E-state index contributed by atoms with van der Waals surface area (Å²) in [5, 5.41) is 3.22. The lowest BCUT2D eigenvalue weighted by Crippen LogP contribution is -2.31. The molecule has 0 saturated heterocycles. The Labute approximate surface area is 111 Å². The van der Waals surface area contributed by atoms with Crippen molar-refractivity contribution in [2.75, 3.05) is 26.8 Å². The molecule has 4 heteroatoms. The van der Waals surface area contributed by atoms with Crippen LogP contribution in [0.5, 0.6) is 11.5 Å². The molecule has 1 aromatic carbocycles. The maximum absolute atomic E-state index is 5.63. The Balaban J connectivity index is 2.41. The molecule has 1 heterocycles. The van der Waals surface area contributed by atoms with E-state index in [0.29, 0.717) is 13.2 Å². The predicted molar refractivity (Wildman–Crippen MR) is 72.1 cm³/mol. The van der Waals surface area contributed by atoms with Gasteiger partial charge in [-0.2, -0.15) is 0 Å². The molecule has 0 aliphatic carbocycles. The first-order valence-electron chi connectivity index (χ1n) is 5.79. The summed E-state index contributed by atoms with van der Waals surface area (Å²) in [5.41, 5.74) is 1.28. The summed E-state index contributed by atoms with van der Waals surface area (Å²) in [4.78, 5) is 0. The second-order valence-corrected chi connectivity index (χ2v) is 5.74. The van der Waals surface area contributed by atoms with Crippen LogP contribution in [0.15, 0.2) is 16.6 Å². The molecule has 1 aliphatic heterocycles. The fourth-order valence-electron chi connectivity index (χ4n) is 2.12. The zero-order valence-corrected chi connectivity index (χ0v) is 12.1. The molecular weight excluding hydrogens is 282 g/mol. The molecule has 0 atom stereocenters. The summed E-state index contributed by atoms with van der Waals surface area (Å²) >= 11 is 3.62. The summed E-state index contributed by atoms with van der Waals surface area (Å²) in [6.07, 6.45) is 0. The summed E-state index contributed by atoms with van der Waals surface area (Å²) in [6, 6.07) is 4.08. The van der Waals surface area contributed by atoms with Gasteiger partial charge in [-0.25, -0.2) is 0 Å². The van der Waals surface area contributed by atoms with Crippen LogP contribution in [0.25, 0.3) is 0 Å². The van der Waals surface area contributed by atoms with Crippen LogP contribution in [0.1, 0.15) is 19.4 Å². The van der Waals surface area contributed by atoms with Gasteiger partial charge in [-0.1, -0.05) is 29.8 Å². The fourth-order valence-corrected chi connectivity index (χ4v) is 2.98. The summed E-state index contributed by atoms with van der Waals surface area (Å²) < 4.78 is 12.3. The van der Waals surface area contributed by atoms with E-state index >= 15 is 0 Å². The van der Waals surface area contributed by atoms with Crippen LogP contribution in [0.4, 0.5) is 0 Å². The molecule has 2 rings (SSSR count). The molecule has 0 bridgehead atoms. The van der Waals surface area contributed by atoms with E-state index in [4.69, 9.17) is 9.47 Å². The number of ether oxygens (including phenoxy) is 2. The Morgan fingerprint density at radius 3 is 2.41 bits per heavy atom. The molecule has 0 amide bonds. The van der Waals surface area contributed by atoms with Gasteiger partial charge in [-0.15, -0.1) is 0 Å². The maximum atomic E-state index is 5.63. The maximum Gasteiger partial charge on any atom is 0.162 e. The molecular formula is C13H18BrNO2. The minimum atomic E-state index is 0.0451. The molecule has 0 unspecified atom stereocenters. The Morgan fingerprint density at radius 2 is 1.82 bits per heavy atom. The number of hydrogen-bond donors (Lipinski definition) is 1. The average Bonchev–Trinajstić information content (AvgIpc) is 2.27. The monoisotopic (exact) mass is 299 g/mol. The zero-order chi connectivity index (χ0) is 12.5. The van der Waals surface area contributed by atoms with E-state index in [2.05, 4.69) is 41.2 Å². The van der Waals surface area contributed by atoms with Crippen molar-refractivity contribution in [2.24, 2.45) is 0 Å². The largest absolute Gasteiger partial charge is 0.486 e. The minimum Gasteiger partial charge on any atom is -0.486 e. The minimum absolute atomic E-state index is 0.0451. The van der Waals surface area contributed by atoms with Crippen molar-refractivity contribution in [3.8, 4) is 11.5 Å². The zero-order valence-electron chi connectivity index (χ0n) is 10.5. The Bertz CT molecular complexity index is 418. The summed E-state index contributed by atoms with van der Waals surface area (Å²) in [7, 11) is 1.97. The highest BCUT2D eigenvalue weighted by molar-refractivity contribution is 9.10. The summed E-state index contributed by atoms with van der Waals surface area (Å²) in [5.74, 6) is 1.67. The second kappa shape index (κ2) is 4.86. The first kappa shape index (κ1) is 12.7. The van der Waals surface area contributed by atoms with E-state index in [1.54, 1.807) is 0 Å². The van der Waals surface area contributed by atoms with Gasteiger partial charge in [0, 0.05) is 16.4 Å². The number of halogens is 1. The van der Waals surface area contributed by atoms with Gasteiger partial charge in [0.25, 0.3) is 0 Å². The number of nitrogens with one attached hydrogen (secondary N) is 1. The SMILES string of the molecule is CNCC(C)(C)c1cc2c(cc1Br)OCCO2. The average molecular weight is 300 g/mol. The molecule has 1 aromatic rings. The van der Waals surface area contributed by atoms with Gasteiger partial charge in [0.15, 0.2) is 11.5 Å². The van der Waals surface area contributed by atoms with E-state index < -0.39 is 0 Å². The molecule has 0 fully saturated rings. The molecule has 1 N–H and O–H groups in total. The van der Waals surface area contributed by atoms with Gasteiger partial charge >= 0.3 is 0 Å². The van der Waals surface area contributed by atoms with Crippen LogP contribution in [0.3, 0.4) is 0 Å².